The van der Waals surface area contributed by atoms with Gasteiger partial charge in [-0.2, -0.15) is 0 Å². The second-order valence-electron chi connectivity index (χ2n) is 12.9. The van der Waals surface area contributed by atoms with E-state index in [-0.39, 0.29) is 0 Å². The highest BCUT2D eigenvalue weighted by Gasteiger charge is 2.26. The normalized spacial score (nSPS) is 13.7. The number of para-hydroxylation sites is 1. The van der Waals surface area contributed by atoms with Crippen LogP contribution in [0.1, 0.15) is 51.8 Å². The van der Waals surface area contributed by atoms with Gasteiger partial charge in [-0.25, -0.2) is 0 Å². The predicted molar refractivity (Wildman–Crippen MR) is 199 cm³/mol. The second-order valence-corrected chi connectivity index (χ2v) is 13.7. The molecule has 8 rings (SSSR count). The van der Waals surface area contributed by atoms with Crippen molar-refractivity contribution in [2.75, 3.05) is 0 Å². The lowest BCUT2D eigenvalue weighted by Gasteiger charge is -2.20. The molecular weight excluding hydrogens is 628 g/mol. The largest absolute Gasteiger partial charge is 0.507 e. The summed E-state index contributed by atoms with van der Waals surface area (Å²) in [5.74, 6) is 0.389. The molecule has 7 aromatic rings. The maximum absolute atomic E-state index is 11.3. The van der Waals surface area contributed by atoms with Crippen molar-refractivity contribution in [3.8, 4) is 11.4 Å². The van der Waals surface area contributed by atoms with E-state index in [1.807, 2.05) is 6.92 Å². The van der Waals surface area contributed by atoms with E-state index in [9.17, 15) is 5.11 Å². The van der Waals surface area contributed by atoms with E-state index < -0.39 is 0 Å². The highest BCUT2D eigenvalue weighted by atomic mass is 79.9. The van der Waals surface area contributed by atoms with E-state index in [2.05, 4.69) is 145 Å². The molecule has 2 heterocycles. The molecule has 0 spiro atoms. The molecule has 46 heavy (non-hydrogen) atoms. The molecule has 0 saturated carbocycles. The third-order valence-corrected chi connectivity index (χ3v) is 11.7. The number of hydrogen-bond acceptors (Lipinski definition) is 1. The van der Waals surface area contributed by atoms with Crippen LogP contribution in [0.3, 0.4) is 0 Å². The zero-order valence-electron chi connectivity index (χ0n) is 27.2. The van der Waals surface area contributed by atoms with Gasteiger partial charge in [0.25, 0.3) is 0 Å². The smallest absolute Gasteiger partial charge is 0.122 e. The Morgan fingerprint density at radius 1 is 0.630 bits per heavy atom. The molecule has 0 radical (unpaired) electrons. The van der Waals surface area contributed by atoms with Crippen LogP contribution in [0.2, 0.25) is 0 Å². The Hall–Kier alpha value is -4.54. The lowest BCUT2D eigenvalue weighted by atomic mass is 9.95. The number of rotatable bonds is 3. The van der Waals surface area contributed by atoms with Gasteiger partial charge in [0.2, 0.25) is 0 Å². The minimum atomic E-state index is 0.389. The Bertz CT molecular complexity index is 2410. The van der Waals surface area contributed by atoms with Crippen molar-refractivity contribution in [1.82, 2.24) is 9.13 Å². The molecule has 0 fully saturated rings. The topological polar surface area (TPSA) is 30.1 Å². The first kappa shape index (κ1) is 28.9. The number of halogens is 1. The van der Waals surface area contributed by atoms with Crippen LogP contribution in [0.5, 0.6) is 5.75 Å². The summed E-state index contributed by atoms with van der Waals surface area (Å²) in [6.45, 7) is 12.9. The number of phenols is 1. The van der Waals surface area contributed by atoms with E-state index in [1.54, 1.807) is 0 Å². The molecule has 0 bridgehead atoms. The van der Waals surface area contributed by atoms with Crippen molar-refractivity contribution in [3.63, 3.8) is 0 Å². The number of aromatic hydroxyl groups is 1. The zero-order chi connectivity index (χ0) is 32.0. The summed E-state index contributed by atoms with van der Waals surface area (Å²) >= 11 is 3.92. The number of allylic oxidation sites excluding steroid dienone is 4. The SMILES string of the molecule is Cc1c(O)c(C)c2c3c(C)c(Br)c(C)c(C)c3n(-c3ccc4c(c3)c3ccccc3n4C3=C(c4ccccc4)C=CCC3)c2c1C. The third-order valence-electron chi connectivity index (χ3n) is 10.5. The van der Waals surface area contributed by atoms with E-state index in [0.29, 0.717) is 5.75 Å². The van der Waals surface area contributed by atoms with Gasteiger partial charge in [0.15, 0.2) is 0 Å². The third kappa shape index (κ3) is 3.89. The molecule has 0 unspecified atom stereocenters. The first-order chi connectivity index (χ1) is 22.2. The van der Waals surface area contributed by atoms with Gasteiger partial charge in [-0.3, -0.25) is 0 Å². The Morgan fingerprint density at radius 2 is 1.28 bits per heavy atom. The molecule has 1 aliphatic rings. The van der Waals surface area contributed by atoms with Gasteiger partial charge in [0, 0.05) is 48.5 Å². The van der Waals surface area contributed by atoms with Gasteiger partial charge in [-0.1, -0.05) is 76.6 Å². The van der Waals surface area contributed by atoms with Crippen LogP contribution in [0, 0.1) is 41.5 Å². The Balaban J connectivity index is 1.51. The quantitative estimate of drug-likeness (QED) is 0.200. The van der Waals surface area contributed by atoms with Crippen LogP contribution in [0.25, 0.3) is 60.6 Å². The molecule has 0 aliphatic heterocycles. The van der Waals surface area contributed by atoms with Crippen molar-refractivity contribution < 1.29 is 5.11 Å². The first-order valence-corrected chi connectivity index (χ1v) is 16.9. The maximum Gasteiger partial charge on any atom is 0.122 e. The fraction of sp³-hybridized carbons (Fsp3) is 0.190. The molecule has 0 amide bonds. The van der Waals surface area contributed by atoms with Crippen molar-refractivity contribution in [2.24, 2.45) is 0 Å². The number of fused-ring (bicyclic) bond motifs is 6. The molecule has 0 saturated heterocycles. The van der Waals surface area contributed by atoms with E-state index in [1.165, 1.54) is 71.7 Å². The Labute approximate surface area is 278 Å². The number of aromatic nitrogens is 2. The molecule has 2 aromatic heterocycles. The van der Waals surface area contributed by atoms with E-state index in [0.717, 1.165) is 45.1 Å². The van der Waals surface area contributed by atoms with Crippen LogP contribution < -0.4 is 0 Å². The van der Waals surface area contributed by atoms with Gasteiger partial charge in [0.05, 0.1) is 22.1 Å². The molecule has 1 N–H and O–H groups in total. The summed E-state index contributed by atoms with van der Waals surface area (Å²) in [7, 11) is 0. The number of aryl methyl sites for hydroxylation is 4. The van der Waals surface area contributed by atoms with E-state index in [4.69, 9.17) is 0 Å². The molecule has 1 aliphatic carbocycles. The fourth-order valence-corrected chi connectivity index (χ4v) is 8.41. The summed E-state index contributed by atoms with van der Waals surface area (Å²) < 4.78 is 6.10. The summed E-state index contributed by atoms with van der Waals surface area (Å²) in [6.07, 6.45) is 6.61. The number of phenolic OH excluding ortho intramolecular Hbond substituents is 1. The second kappa shape index (κ2) is 10.5. The molecule has 228 valence electrons. The van der Waals surface area contributed by atoms with Crippen molar-refractivity contribution in [2.45, 2.75) is 54.4 Å². The van der Waals surface area contributed by atoms with Crippen LogP contribution in [-0.2, 0) is 0 Å². The standard InChI is InChI=1S/C42H37BrN2O/c1-23-24(2)40-37(27(5)39(23)43)38-28(6)42(46)26(4)25(3)41(38)44(40)30-20-21-36-33(22-30)32-17-11-13-19-35(32)45(36)34-18-12-10-16-31(34)29-14-8-7-9-15-29/h7-11,13-17,19-22,46H,12,18H2,1-6H3. The lowest BCUT2D eigenvalue weighted by molar-refractivity contribution is 0.467. The Kier molecular flexibility index (Phi) is 6.60. The monoisotopic (exact) mass is 664 g/mol. The average molecular weight is 666 g/mol. The average Bonchev–Trinajstić information content (AvgIpc) is 3.62. The number of nitrogens with zero attached hydrogens (tertiary/aromatic N) is 2. The zero-order valence-corrected chi connectivity index (χ0v) is 28.8. The summed E-state index contributed by atoms with van der Waals surface area (Å²) in [5, 5.41) is 16.1. The molecular formula is C42H37BrN2O. The van der Waals surface area contributed by atoms with Gasteiger partial charge < -0.3 is 14.2 Å². The fourth-order valence-electron chi connectivity index (χ4n) is 7.91. The summed E-state index contributed by atoms with van der Waals surface area (Å²) in [5.41, 5.74) is 16.5. The molecule has 3 nitrogen and oxygen atoms in total. The van der Waals surface area contributed by atoms with Crippen molar-refractivity contribution in [1.29, 1.82) is 0 Å². The molecule has 4 heteroatoms. The predicted octanol–water partition coefficient (Wildman–Crippen LogP) is 11.9. The van der Waals surface area contributed by atoms with Crippen LogP contribution >= 0.6 is 15.9 Å². The maximum atomic E-state index is 11.3. The minimum absolute atomic E-state index is 0.389. The number of hydrogen-bond donors (Lipinski definition) is 1. The Morgan fingerprint density at radius 3 is 2.04 bits per heavy atom. The van der Waals surface area contributed by atoms with Crippen LogP contribution in [-0.4, -0.2) is 14.2 Å². The van der Waals surface area contributed by atoms with Gasteiger partial charge in [-0.05, 0) is 112 Å². The van der Waals surface area contributed by atoms with E-state index >= 15 is 0 Å². The molecule has 5 aromatic carbocycles. The van der Waals surface area contributed by atoms with Crippen LogP contribution in [0.4, 0.5) is 0 Å². The summed E-state index contributed by atoms with van der Waals surface area (Å²) in [4.78, 5) is 0. The minimum Gasteiger partial charge on any atom is -0.507 e. The summed E-state index contributed by atoms with van der Waals surface area (Å²) in [6, 6.07) is 26.6. The lowest BCUT2D eigenvalue weighted by Crippen LogP contribution is -2.03. The first-order valence-electron chi connectivity index (χ1n) is 16.1. The highest BCUT2D eigenvalue weighted by Crippen LogP contribution is 2.47. The van der Waals surface area contributed by atoms with Crippen LogP contribution in [0.15, 0.2) is 89.4 Å². The highest BCUT2D eigenvalue weighted by molar-refractivity contribution is 9.10. The van der Waals surface area contributed by atoms with Gasteiger partial charge >= 0.3 is 0 Å². The van der Waals surface area contributed by atoms with Crippen molar-refractivity contribution >= 4 is 70.8 Å². The molecule has 0 atom stereocenters. The number of benzene rings is 5. The van der Waals surface area contributed by atoms with Gasteiger partial charge in [0.1, 0.15) is 5.75 Å². The van der Waals surface area contributed by atoms with Crippen molar-refractivity contribution in [3.05, 3.63) is 128 Å². The van der Waals surface area contributed by atoms with Gasteiger partial charge in [-0.15, -0.1) is 0 Å².